The van der Waals surface area contributed by atoms with Crippen molar-refractivity contribution in [2.75, 3.05) is 12.9 Å². The summed E-state index contributed by atoms with van der Waals surface area (Å²) in [5.74, 6) is 0.218. The monoisotopic (exact) mass is 239 g/mol. The molecule has 2 atom stereocenters. The van der Waals surface area contributed by atoms with Crippen molar-refractivity contribution < 1.29 is 9.53 Å². The van der Waals surface area contributed by atoms with Gasteiger partial charge in [-0.3, -0.25) is 4.79 Å². The molecule has 88 valence electrons. The van der Waals surface area contributed by atoms with Crippen LogP contribution < -0.4 is 5.73 Å². The summed E-state index contributed by atoms with van der Waals surface area (Å²) in [5.41, 5.74) is 6.90. The van der Waals surface area contributed by atoms with Crippen LogP contribution in [0.3, 0.4) is 0 Å². The van der Waals surface area contributed by atoms with Crippen LogP contribution in [0.25, 0.3) is 0 Å². The molecule has 0 unspecified atom stereocenters. The largest absolute Gasteiger partial charge is 0.468 e. The van der Waals surface area contributed by atoms with Crippen molar-refractivity contribution >= 4 is 17.7 Å². The van der Waals surface area contributed by atoms with Crippen LogP contribution in [0.15, 0.2) is 30.3 Å². The molecule has 0 radical (unpaired) electrons. The lowest BCUT2D eigenvalue weighted by Gasteiger charge is -2.14. The van der Waals surface area contributed by atoms with Crippen LogP contribution in [0.1, 0.15) is 17.7 Å². The molecule has 1 aromatic carbocycles. The molecule has 16 heavy (non-hydrogen) atoms. The van der Waals surface area contributed by atoms with Crippen LogP contribution >= 0.6 is 11.8 Å². The number of nitrogens with two attached hydrogens (primary N) is 1. The molecule has 0 aliphatic heterocycles. The number of methoxy groups -OCH3 is 1. The summed E-state index contributed by atoms with van der Waals surface area (Å²) >= 11 is 1.66. The summed E-state index contributed by atoms with van der Waals surface area (Å²) in [6, 6.07) is 9.60. The molecule has 0 aliphatic rings. The maximum atomic E-state index is 11.1. The zero-order valence-electron chi connectivity index (χ0n) is 9.55. The zero-order valence-corrected chi connectivity index (χ0v) is 10.4. The van der Waals surface area contributed by atoms with Crippen molar-refractivity contribution in [3.8, 4) is 0 Å². The molecule has 0 fully saturated rings. The molecular formula is C12H17NO2S. The van der Waals surface area contributed by atoms with Crippen LogP contribution in [-0.2, 0) is 9.53 Å². The fourth-order valence-corrected chi connectivity index (χ4v) is 2.27. The molecule has 1 aromatic rings. The van der Waals surface area contributed by atoms with E-state index in [1.165, 1.54) is 12.7 Å². The van der Waals surface area contributed by atoms with E-state index in [-0.39, 0.29) is 5.97 Å². The van der Waals surface area contributed by atoms with Gasteiger partial charge in [-0.15, -0.1) is 0 Å². The molecule has 2 N–H and O–H groups in total. The summed E-state index contributed by atoms with van der Waals surface area (Å²) in [6.45, 7) is 2.10. The van der Waals surface area contributed by atoms with Gasteiger partial charge in [0.1, 0.15) is 6.04 Å². The molecule has 0 aromatic heterocycles. The molecular weight excluding hydrogens is 222 g/mol. The Morgan fingerprint density at radius 2 is 2.06 bits per heavy atom. The summed E-state index contributed by atoms with van der Waals surface area (Å²) in [4.78, 5) is 11.1. The average molecular weight is 239 g/mol. The van der Waals surface area contributed by atoms with Crippen molar-refractivity contribution in [3.05, 3.63) is 35.9 Å². The fraction of sp³-hybridized carbons (Fsp3) is 0.417. The van der Waals surface area contributed by atoms with Gasteiger partial charge in [0.15, 0.2) is 0 Å². The Bertz CT molecular complexity index is 329. The van der Waals surface area contributed by atoms with Crippen LogP contribution in [0.2, 0.25) is 0 Å². The highest BCUT2D eigenvalue weighted by Crippen LogP contribution is 2.27. The molecule has 0 heterocycles. The Labute approximate surface area is 100 Å². The summed E-state index contributed by atoms with van der Waals surface area (Å²) < 4.78 is 4.57. The minimum atomic E-state index is -0.541. The van der Waals surface area contributed by atoms with E-state index < -0.39 is 6.04 Å². The highest BCUT2D eigenvalue weighted by molar-refractivity contribution is 7.99. The number of esters is 1. The average Bonchev–Trinajstić information content (AvgIpc) is 2.35. The standard InChI is InChI=1S/C12H17NO2S/c1-9(10-6-4-3-5-7-10)16-8-11(13)12(14)15-2/h3-7,9,11H,8,13H2,1-2H3/t9-,11-/m1/s1. The van der Waals surface area contributed by atoms with Crippen LogP contribution in [0.4, 0.5) is 0 Å². The van der Waals surface area contributed by atoms with Gasteiger partial charge in [-0.25, -0.2) is 0 Å². The molecule has 0 saturated heterocycles. The van der Waals surface area contributed by atoms with E-state index >= 15 is 0 Å². The third-order valence-electron chi connectivity index (χ3n) is 2.30. The first-order valence-electron chi connectivity index (χ1n) is 5.15. The molecule has 0 spiro atoms. The smallest absolute Gasteiger partial charge is 0.323 e. The van der Waals surface area contributed by atoms with Crippen LogP contribution in [0, 0.1) is 0 Å². The van der Waals surface area contributed by atoms with Gasteiger partial charge in [0.05, 0.1) is 7.11 Å². The summed E-state index contributed by atoms with van der Waals surface area (Å²) in [5, 5.41) is 0.330. The number of hydrogen-bond acceptors (Lipinski definition) is 4. The minimum absolute atomic E-state index is 0.330. The van der Waals surface area contributed by atoms with E-state index in [1.807, 2.05) is 18.2 Å². The predicted molar refractivity (Wildman–Crippen MR) is 67.3 cm³/mol. The number of carbonyl (C=O) groups is 1. The van der Waals surface area contributed by atoms with Gasteiger partial charge in [-0.1, -0.05) is 30.3 Å². The van der Waals surface area contributed by atoms with E-state index in [1.54, 1.807) is 11.8 Å². The number of thioether (sulfide) groups is 1. The third kappa shape index (κ3) is 3.87. The lowest BCUT2D eigenvalue weighted by Crippen LogP contribution is -2.34. The number of ether oxygens (including phenoxy) is 1. The van der Waals surface area contributed by atoms with E-state index in [0.717, 1.165) is 0 Å². The van der Waals surface area contributed by atoms with Gasteiger partial charge in [-0.2, -0.15) is 11.8 Å². The van der Waals surface area contributed by atoms with E-state index in [9.17, 15) is 4.79 Å². The number of benzene rings is 1. The SMILES string of the molecule is COC(=O)[C@H](N)CS[C@H](C)c1ccccc1. The van der Waals surface area contributed by atoms with Crippen molar-refractivity contribution in [1.82, 2.24) is 0 Å². The van der Waals surface area contributed by atoms with E-state index in [4.69, 9.17) is 5.73 Å². The zero-order chi connectivity index (χ0) is 12.0. The van der Waals surface area contributed by atoms with Crippen molar-refractivity contribution in [3.63, 3.8) is 0 Å². The molecule has 0 aliphatic carbocycles. The molecule has 0 amide bonds. The molecule has 0 saturated carbocycles. The quantitative estimate of drug-likeness (QED) is 0.798. The maximum Gasteiger partial charge on any atom is 0.323 e. The van der Waals surface area contributed by atoms with Crippen molar-refractivity contribution in [2.24, 2.45) is 5.73 Å². The summed E-state index contributed by atoms with van der Waals surface area (Å²) in [7, 11) is 1.35. The first-order chi connectivity index (χ1) is 7.65. The molecule has 3 nitrogen and oxygen atoms in total. The molecule has 1 rings (SSSR count). The minimum Gasteiger partial charge on any atom is -0.468 e. The number of carbonyl (C=O) groups excluding carboxylic acids is 1. The normalized spacial score (nSPS) is 14.2. The Morgan fingerprint density at radius 3 is 2.62 bits per heavy atom. The lowest BCUT2D eigenvalue weighted by atomic mass is 10.2. The number of rotatable bonds is 5. The predicted octanol–water partition coefficient (Wildman–Crippen LogP) is 1.98. The fourth-order valence-electron chi connectivity index (χ4n) is 1.29. The van der Waals surface area contributed by atoms with Gasteiger partial charge in [0.25, 0.3) is 0 Å². The van der Waals surface area contributed by atoms with Crippen molar-refractivity contribution in [1.29, 1.82) is 0 Å². The highest BCUT2D eigenvalue weighted by Gasteiger charge is 2.15. The van der Waals surface area contributed by atoms with Crippen LogP contribution in [-0.4, -0.2) is 24.9 Å². The second-order valence-electron chi connectivity index (χ2n) is 3.52. The van der Waals surface area contributed by atoms with E-state index in [2.05, 4.69) is 23.8 Å². The second kappa shape index (κ2) is 6.55. The summed E-state index contributed by atoms with van der Waals surface area (Å²) in [6.07, 6.45) is 0. The van der Waals surface area contributed by atoms with Crippen molar-refractivity contribution in [2.45, 2.75) is 18.2 Å². The Balaban J connectivity index is 2.41. The van der Waals surface area contributed by atoms with Gasteiger partial charge in [-0.05, 0) is 12.5 Å². The molecule has 4 heteroatoms. The molecule has 0 bridgehead atoms. The van der Waals surface area contributed by atoms with Crippen LogP contribution in [0.5, 0.6) is 0 Å². The van der Waals surface area contributed by atoms with Gasteiger partial charge < -0.3 is 10.5 Å². The maximum absolute atomic E-state index is 11.1. The Morgan fingerprint density at radius 1 is 1.44 bits per heavy atom. The number of hydrogen-bond donors (Lipinski definition) is 1. The first kappa shape index (κ1) is 13.1. The Kier molecular flexibility index (Phi) is 5.35. The van der Waals surface area contributed by atoms with Gasteiger partial charge >= 0.3 is 5.97 Å². The highest BCUT2D eigenvalue weighted by atomic mass is 32.2. The lowest BCUT2D eigenvalue weighted by molar-refractivity contribution is -0.141. The Hall–Kier alpha value is -1.00. The van der Waals surface area contributed by atoms with Gasteiger partial charge in [0.2, 0.25) is 0 Å². The van der Waals surface area contributed by atoms with E-state index in [0.29, 0.717) is 11.0 Å². The third-order valence-corrected chi connectivity index (χ3v) is 3.62. The second-order valence-corrected chi connectivity index (χ2v) is 4.89. The first-order valence-corrected chi connectivity index (χ1v) is 6.20. The topological polar surface area (TPSA) is 52.3 Å². The van der Waals surface area contributed by atoms with Gasteiger partial charge in [0, 0.05) is 11.0 Å².